The second kappa shape index (κ2) is 6.92. The highest BCUT2D eigenvalue weighted by Gasteiger charge is 2.10. The molecular weight excluding hydrogens is 268 g/mol. The van der Waals surface area contributed by atoms with Gasteiger partial charge >= 0.3 is 0 Å². The summed E-state index contributed by atoms with van der Waals surface area (Å²) in [5.74, 6) is 1.67. The van der Waals surface area contributed by atoms with E-state index in [9.17, 15) is 5.11 Å². The first-order chi connectivity index (χ1) is 7.61. The van der Waals surface area contributed by atoms with Crippen LogP contribution in [-0.2, 0) is 0 Å². The largest absolute Gasteiger partial charge is 0.493 e. The number of aliphatic hydroxyl groups is 1. The van der Waals surface area contributed by atoms with Crippen LogP contribution in [-0.4, -0.2) is 18.3 Å². The normalized spacial score (nSPS) is 12.8. The van der Waals surface area contributed by atoms with Gasteiger partial charge in [0.2, 0.25) is 0 Å². The Labute approximate surface area is 106 Å². The smallest absolute Gasteiger partial charge is 0.119 e. The van der Waals surface area contributed by atoms with Crippen molar-refractivity contribution in [2.45, 2.75) is 20.3 Å². The van der Waals surface area contributed by atoms with E-state index in [0.29, 0.717) is 12.5 Å². The molecule has 1 atom stereocenters. The molecule has 16 heavy (non-hydrogen) atoms. The lowest BCUT2D eigenvalue weighted by molar-refractivity contribution is 0.146. The Morgan fingerprint density at radius 3 is 2.38 bits per heavy atom. The Hall–Kier alpha value is -0.540. The van der Waals surface area contributed by atoms with Crippen LogP contribution in [0.5, 0.6) is 5.75 Å². The van der Waals surface area contributed by atoms with Crippen molar-refractivity contribution < 1.29 is 9.84 Å². The van der Waals surface area contributed by atoms with E-state index in [4.69, 9.17) is 4.74 Å². The Balaban J connectivity index is 2.40. The highest BCUT2D eigenvalue weighted by Crippen LogP contribution is 2.18. The Morgan fingerprint density at radius 2 is 1.88 bits per heavy atom. The lowest BCUT2D eigenvalue weighted by atomic mass is 9.99. The summed E-state index contributed by atoms with van der Waals surface area (Å²) in [6, 6.07) is 7.75. The van der Waals surface area contributed by atoms with Crippen molar-refractivity contribution >= 4 is 15.9 Å². The quantitative estimate of drug-likeness (QED) is 0.868. The van der Waals surface area contributed by atoms with Gasteiger partial charge in [0.25, 0.3) is 0 Å². The highest BCUT2D eigenvalue weighted by molar-refractivity contribution is 9.10. The molecule has 0 spiro atoms. The molecule has 1 N–H and O–H groups in total. The maximum absolute atomic E-state index is 9.21. The first kappa shape index (κ1) is 13.5. The molecule has 0 aromatic heterocycles. The standard InChI is InChI=1S/C13H19BrO2/c1-10(2)7-11(8-15)9-16-13-5-3-12(14)4-6-13/h3-6,10-11,15H,7-9H2,1-2H3. The van der Waals surface area contributed by atoms with Crippen LogP contribution in [0.2, 0.25) is 0 Å². The molecule has 1 unspecified atom stereocenters. The van der Waals surface area contributed by atoms with E-state index in [1.54, 1.807) is 0 Å². The summed E-state index contributed by atoms with van der Waals surface area (Å²) in [7, 11) is 0. The number of aliphatic hydroxyl groups excluding tert-OH is 1. The van der Waals surface area contributed by atoms with Crippen LogP contribution in [0, 0.1) is 11.8 Å². The van der Waals surface area contributed by atoms with Crippen LogP contribution >= 0.6 is 15.9 Å². The van der Waals surface area contributed by atoms with Crippen molar-refractivity contribution in [3.05, 3.63) is 28.7 Å². The van der Waals surface area contributed by atoms with E-state index >= 15 is 0 Å². The van der Waals surface area contributed by atoms with Crippen molar-refractivity contribution in [3.63, 3.8) is 0 Å². The Kier molecular flexibility index (Phi) is 5.85. The van der Waals surface area contributed by atoms with Gasteiger partial charge < -0.3 is 9.84 Å². The first-order valence-corrected chi connectivity index (χ1v) is 6.40. The highest BCUT2D eigenvalue weighted by atomic mass is 79.9. The van der Waals surface area contributed by atoms with Gasteiger partial charge in [-0.1, -0.05) is 29.8 Å². The number of benzene rings is 1. The molecule has 1 aromatic rings. The molecule has 0 aliphatic carbocycles. The van der Waals surface area contributed by atoms with Gasteiger partial charge in [-0.15, -0.1) is 0 Å². The minimum Gasteiger partial charge on any atom is -0.493 e. The van der Waals surface area contributed by atoms with E-state index < -0.39 is 0 Å². The van der Waals surface area contributed by atoms with Gasteiger partial charge in [0.05, 0.1) is 6.61 Å². The van der Waals surface area contributed by atoms with Crippen molar-refractivity contribution in [2.75, 3.05) is 13.2 Å². The summed E-state index contributed by atoms with van der Waals surface area (Å²) in [6.07, 6.45) is 0.993. The Morgan fingerprint density at radius 1 is 1.25 bits per heavy atom. The molecule has 0 bridgehead atoms. The summed E-state index contributed by atoms with van der Waals surface area (Å²) < 4.78 is 6.68. The fourth-order valence-electron chi connectivity index (χ4n) is 1.61. The monoisotopic (exact) mass is 286 g/mol. The van der Waals surface area contributed by atoms with Gasteiger partial charge in [0.15, 0.2) is 0 Å². The molecule has 0 heterocycles. The maximum atomic E-state index is 9.21. The molecule has 3 heteroatoms. The summed E-state index contributed by atoms with van der Waals surface area (Å²) in [6.45, 7) is 5.08. The summed E-state index contributed by atoms with van der Waals surface area (Å²) >= 11 is 3.38. The fourth-order valence-corrected chi connectivity index (χ4v) is 1.87. The number of hydrogen-bond acceptors (Lipinski definition) is 2. The minimum absolute atomic E-state index is 0.189. The van der Waals surface area contributed by atoms with E-state index in [0.717, 1.165) is 16.6 Å². The summed E-state index contributed by atoms with van der Waals surface area (Å²) in [5.41, 5.74) is 0. The third-order valence-corrected chi connectivity index (χ3v) is 2.89. The van der Waals surface area contributed by atoms with Crippen molar-refractivity contribution in [3.8, 4) is 5.75 Å². The van der Waals surface area contributed by atoms with Crippen molar-refractivity contribution in [1.29, 1.82) is 0 Å². The van der Waals surface area contributed by atoms with E-state index in [1.165, 1.54) is 0 Å². The molecule has 0 saturated heterocycles. The second-order valence-electron chi connectivity index (χ2n) is 4.44. The maximum Gasteiger partial charge on any atom is 0.119 e. The molecular formula is C13H19BrO2. The van der Waals surface area contributed by atoms with Crippen LogP contribution < -0.4 is 4.74 Å². The molecule has 1 rings (SSSR count). The van der Waals surface area contributed by atoms with Crippen LogP contribution in [0.1, 0.15) is 20.3 Å². The molecule has 1 aromatic carbocycles. The summed E-state index contributed by atoms with van der Waals surface area (Å²) in [5, 5.41) is 9.21. The average Bonchev–Trinajstić information content (AvgIpc) is 2.26. The van der Waals surface area contributed by atoms with E-state index in [2.05, 4.69) is 29.8 Å². The van der Waals surface area contributed by atoms with Gasteiger partial charge in [-0.25, -0.2) is 0 Å². The average molecular weight is 287 g/mol. The lowest BCUT2D eigenvalue weighted by Crippen LogP contribution is -2.18. The molecule has 0 aliphatic heterocycles. The van der Waals surface area contributed by atoms with Gasteiger partial charge in [0, 0.05) is 17.0 Å². The SMILES string of the molecule is CC(C)CC(CO)COc1ccc(Br)cc1. The topological polar surface area (TPSA) is 29.5 Å². The van der Waals surface area contributed by atoms with Crippen LogP contribution in [0.4, 0.5) is 0 Å². The lowest BCUT2D eigenvalue weighted by Gasteiger charge is -2.17. The van der Waals surface area contributed by atoms with Crippen molar-refractivity contribution in [2.24, 2.45) is 11.8 Å². The Bertz CT molecular complexity index is 295. The number of rotatable bonds is 6. The van der Waals surface area contributed by atoms with Crippen LogP contribution in [0.25, 0.3) is 0 Å². The predicted octanol–water partition coefficient (Wildman–Crippen LogP) is 3.48. The van der Waals surface area contributed by atoms with Gasteiger partial charge in [0.1, 0.15) is 5.75 Å². The van der Waals surface area contributed by atoms with Gasteiger partial charge in [-0.05, 0) is 36.6 Å². The molecule has 2 nitrogen and oxygen atoms in total. The molecule has 0 amide bonds. The van der Waals surface area contributed by atoms with E-state index in [-0.39, 0.29) is 12.5 Å². The number of ether oxygens (including phenoxy) is 1. The molecule has 0 aliphatic rings. The van der Waals surface area contributed by atoms with Gasteiger partial charge in [-0.2, -0.15) is 0 Å². The second-order valence-corrected chi connectivity index (χ2v) is 5.36. The molecule has 0 saturated carbocycles. The van der Waals surface area contributed by atoms with Crippen LogP contribution in [0.3, 0.4) is 0 Å². The predicted molar refractivity (Wildman–Crippen MR) is 69.7 cm³/mol. The minimum atomic E-state index is 0.189. The zero-order valence-electron chi connectivity index (χ0n) is 9.82. The third-order valence-electron chi connectivity index (χ3n) is 2.36. The zero-order chi connectivity index (χ0) is 12.0. The zero-order valence-corrected chi connectivity index (χ0v) is 11.4. The van der Waals surface area contributed by atoms with Crippen molar-refractivity contribution in [1.82, 2.24) is 0 Å². The fraction of sp³-hybridized carbons (Fsp3) is 0.538. The third kappa shape index (κ3) is 4.99. The molecule has 0 fully saturated rings. The number of halogens is 1. The molecule has 0 radical (unpaired) electrons. The molecule has 90 valence electrons. The van der Waals surface area contributed by atoms with Crippen LogP contribution in [0.15, 0.2) is 28.7 Å². The first-order valence-electron chi connectivity index (χ1n) is 5.61. The summed E-state index contributed by atoms with van der Waals surface area (Å²) in [4.78, 5) is 0. The van der Waals surface area contributed by atoms with E-state index in [1.807, 2.05) is 24.3 Å². The number of hydrogen-bond donors (Lipinski definition) is 1. The van der Waals surface area contributed by atoms with Gasteiger partial charge in [-0.3, -0.25) is 0 Å².